The first-order chi connectivity index (χ1) is 9.36. The van der Waals surface area contributed by atoms with Crippen molar-refractivity contribution in [3.63, 3.8) is 0 Å². The number of hydrogen-bond donors (Lipinski definition) is 1. The van der Waals surface area contributed by atoms with Crippen LogP contribution in [0.4, 0.5) is 5.69 Å². The topological polar surface area (TPSA) is 24.5 Å². The Morgan fingerprint density at radius 2 is 2.21 bits per heavy atom. The van der Waals surface area contributed by atoms with Crippen LogP contribution >= 0.6 is 0 Å². The van der Waals surface area contributed by atoms with Crippen molar-refractivity contribution in [2.45, 2.75) is 44.4 Å². The summed E-state index contributed by atoms with van der Waals surface area (Å²) in [5.74, 6) is 0. The van der Waals surface area contributed by atoms with E-state index >= 15 is 0 Å². The van der Waals surface area contributed by atoms with E-state index in [4.69, 9.17) is 4.74 Å². The fourth-order valence-corrected chi connectivity index (χ4v) is 3.55. The number of anilines is 1. The van der Waals surface area contributed by atoms with Crippen LogP contribution in [-0.4, -0.2) is 37.2 Å². The van der Waals surface area contributed by atoms with Gasteiger partial charge in [0, 0.05) is 31.4 Å². The molecule has 2 saturated heterocycles. The number of ether oxygens (including phenoxy) is 1. The van der Waals surface area contributed by atoms with Crippen LogP contribution in [0.1, 0.15) is 31.2 Å². The Balaban J connectivity index is 1.66. The predicted molar refractivity (Wildman–Crippen MR) is 78.4 cm³/mol. The minimum absolute atomic E-state index is 0.623. The van der Waals surface area contributed by atoms with E-state index in [0.29, 0.717) is 12.6 Å². The molecule has 1 aromatic rings. The number of hydrogen-bond acceptors (Lipinski definition) is 3. The maximum absolute atomic E-state index is 5.20. The van der Waals surface area contributed by atoms with Crippen molar-refractivity contribution in [3.05, 3.63) is 29.8 Å². The molecule has 0 spiro atoms. The van der Waals surface area contributed by atoms with Gasteiger partial charge in [-0.05, 0) is 43.5 Å². The van der Waals surface area contributed by atoms with E-state index in [1.807, 2.05) is 0 Å². The first-order valence-corrected chi connectivity index (χ1v) is 7.45. The SMILES string of the molecule is COCc1cccc(NC2CCN3CCCCC23)c1. The summed E-state index contributed by atoms with van der Waals surface area (Å²) in [4.78, 5) is 2.67. The van der Waals surface area contributed by atoms with Crippen LogP contribution in [0.3, 0.4) is 0 Å². The number of piperidine rings is 1. The van der Waals surface area contributed by atoms with Crippen LogP contribution in [0.5, 0.6) is 0 Å². The second-order valence-electron chi connectivity index (χ2n) is 5.77. The molecule has 1 N–H and O–H groups in total. The molecule has 0 radical (unpaired) electrons. The molecule has 1 aromatic carbocycles. The van der Waals surface area contributed by atoms with Crippen molar-refractivity contribution in [3.8, 4) is 0 Å². The highest BCUT2D eigenvalue weighted by Crippen LogP contribution is 2.29. The smallest absolute Gasteiger partial charge is 0.0713 e. The lowest BCUT2D eigenvalue weighted by Gasteiger charge is -2.33. The molecule has 2 aliphatic heterocycles. The Morgan fingerprint density at radius 3 is 3.11 bits per heavy atom. The largest absolute Gasteiger partial charge is 0.381 e. The molecule has 2 heterocycles. The van der Waals surface area contributed by atoms with Crippen LogP contribution in [0.2, 0.25) is 0 Å². The second-order valence-corrected chi connectivity index (χ2v) is 5.77. The number of rotatable bonds is 4. The lowest BCUT2D eigenvalue weighted by atomic mass is 9.99. The van der Waals surface area contributed by atoms with Crippen LogP contribution < -0.4 is 5.32 Å². The van der Waals surface area contributed by atoms with E-state index in [9.17, 15) is 0 Å². The molecule has 0 aliphatic carbocycles. The van der Waals surface area contributed by atoms with Crippen molar-refractivity contribution in [2.75, 3.05) is 25.5 Å². The van der Waals surface area contributed by atoms with Gasteiger partial charge in [-0.15, -0.1) is 0 Å². The van der Waals surface area contributed by atoms with Gasteiger partial charge in [0.05, 0.1) is 6.61 Å². The summed E-state index contributed by atoms with van der Waals surface area (Å²) in [6, 6.07) is 10.00. The number of nitrogens with zero attached hydrogens (tertiary/aromatic N) is 1. The maximum atomic E-state index is 5.20. The molecule has 2 unspecified atom stereocenters. The number of nitrogens with one attached hydrogen (secondary N) is 1. The van der Waals surface area contributed by atoms with Crippen molar-refractivity contribution >= 4 is 5.69 Å². The molecule has 0 amide bonds. The van der Waals surface area contributed by atoms with Gasteiger partial charge in [0.1, 0.15) is 0 Å². The molecule has 3 rings (SSSR count). The Kier molecular flexibility index (Phi) is 4.04. The first-order valence-electron chi connectivity index (χ1n) is 7.45. The normalized spacial score (nSPS) is 27.2. The molecule has 0 aromatic heterocycles. The third-order valence-electron chi connectivity index (χ3n) is 4.45. The lowest BCUT2D eigenvalue weighted by molar-refractivity contribution is 0.185. The van der Waals surface area contributed by atoms with Crippen LogP contribution in [0.25, 0.3) is 0 Å². The van der Waals surface area contributed by atoms with Crippen molar-refractivity contribution in [1.29, 1.82) is 0 Å². The van der Waals surface area contributed by atoms with Gasteiger partial charge in [-0.1, -0.05) is 18.6 Å². The van der Waals surface area contributed by atoms with Crippen molar-refractivity contribution in [2.24, 2.45) is 0 Å². The molecular weight excluding hydrogens is 236 g/mol. The fraction of sp³-hybridized carbons (Fsp3) is 0.625. The van der Waals surface area contributed by atoms with E-state index in [1.54, 1.807) is 7.11 Å². The third kappa shape index (κ3) is 2.93. The molecule has 3 nitrogen and oxygen atoms in total. The van der Waals surface area contributed by atoms with E-state index in [1.165, 1.54) is 50.0 Å². The van der Waals surface area contributed by atoms with Gasteiger partial charge in [-0.2, -0.15) is 0 Å². The summed E-state index contributed by atoms with van der Waals surface area (Å²) >= 11 is 0. The Morgan fingerprint density at radius 1 is 1.26 bits per heavy atom. The lowest BCUT2D eigenvalue weighted by Crippen LogP contribution is -2.41. The number of benzene rings is 1. The highest BCUT2D eigenvalue weighted by atomic mass is 16.5. The highest BCUT2D eigenvalue weighted by molar-refractivity contribution is 5.47. The zero-order valence-corrected chi connectivity index (χ0v) is 11.8. The second kappa shape index (κ2) is 5.93. The molecule has 0 saturated carbocycles. The van der Waals surface area contributed by atoms with Gasteiger partial charge in [0.15, 0.2) is 0 Å². The minimum Gasteiger partial charge on any atom is -0.381 e. The minimum atomic E-state index is 0.623. The fourth-order valence-electron chi connectivity index (χ4n) is 3.55. The van der Waals surface area contributed by atoms with Gasteiger partial charge in [0.25, 0.3) is 0 Å². The summed E-state index contributed by atoms with van der Waals surface area (Å²) in [6.45, 7) is 3.25. The van der Waals surface area contributed by atoms with Gasteiger partial charge >= 0.3 is 0 Å². The molecule has 2 fully saturated rings. The molecule has 3 heteroatoms. The van der Waals surface area contributed by atoms with Crippen LogP contribution in [0.15, 0.2) is 24.3 Å². The van der Waals surface area contributed by atoms with E-state index < -0.39 is 0 Å². The van der Waals surface area contributed by atoms with Crippen LogP contribution in [0, 0.1) is 0 Å². The zero-order chi connectivity index (χ0) is 13.1. The van der Waals surface area contributed by atoms with E-state index in [-0.39, 0.29) is 0 Å². The van der Waals surface area contributed by atoms with Gasteiger partial charge < -0.3 is 10.1 Å². The number of methoxy groups -OCH3 is 1. The standard InChI is InChI=1S/C16H24N2O/c1-19-12-13-5-4-6-14(11-13)17-15-8-10-18-9-3-2-7-16(15)18/h4-6,11,15-17H,2-3,7-10,12H2,1H3. The Hall–Kier alpha value is -1.06. The molecule has 0 bridgehead atoms. The average molecular weight is 260 g/mol. The maximum Gasteiger partial charge on any atom is 0.0713 e. The van der Waals surface area contributed by atoms with Crippen LogP contribution in [-0.2, 0) is 11.3 Å². The molecule has 19 heavy (non-hydrogen) atoms. The number of fused-ring (bicyclic) bond motifs is 1. The predicted octanol–water partition coefficient (Wildman–Crippen LogP) is 2.87. The summed E-state index contributed by atoms with van der Waals surface area (Å²) in [5.41, 5.74) is 2.48. The highest BCUT2D eigenvalue weighted by Gasteiger charge is 2.35. The van der Waals surface area contributed by atoms with Crippen molar-refractivity contribution < 1.29 is 4.74 Å². The molecule has 2 atom stereocenters. The summed E-state index contributed by atoms with van der Waals surface area (Å²) in [7, 11) is 1.75. The Bertz CT molecular complexity index is 421. The average Bonchev–Trinajstić information content (AvgIpc) is 2.83. The third-order valence-corrected chi connectivity index (χ3v) is 4.45. The molecule has 2 aliphatic rings. The Labute approximate surface area is 115 Å². The summed E-state index contributed by atoms with van der Waals surface area (Å²) < 4.78 is 5.20. The summed E-state index contributed by atoms with van der Waals surface area (Å²) in [5, 5.41) is 3.74. The molecular formula is C16H24N2O. The van der Waals surface area contributed by atoms with Gasteiger partial charge in [-0.3, -0.25) is 4.90 Å². The zero-order valence-electron chi connectivity index (χ0n) is 11.8. The van der Waals surface area contributed by atoms with Gasteiger partial charge in [0.2, 0.25) is 0 Å². The monoisotopic (exact) mass is 260 g/mol. The molecule has 104 valence electrons. The van der Waals surface area contributed by atoms with E-state index in [2.05, 4.69) is 34.5 Å². The van der Waals surface area contributed by atoms with Crippen molar-refractivity contribution in [1.82, 2.24) is 4.90 Å². The summed E-state index contributed by atoms with van der Waals surface area (Å²) in [6.07, 6.45) is 5.41. The quantitative estimate of drug-likeness (QED) is 0.901. The first kappa shape index (κ1) is 12.9. The van der Waals surface area contributed by atoms with Gasteiger partial charge in [-0.25, -0.2) is 0 Å². The van der Waals surface area contributed by atoms with E-state index in [0.717, 1.165) is 6.04 Å².